The van der Waals surface area contributed by atoms with E-state index in [-0.39, 0.29) is 0 Å². The lowest BCUT2D eigenvalue weighted by Gasteiger charge is -2.12. The Morgan fingerprint density at radius 2 is 0.895 bits per heavy atom. The second-order valence-corrected chi connectivity index (χ2v) is 16.4. The third-order valence-electron chi connectivity index (χ3n) is 11.1. The zero-order chi connectivity index (χ0) is 37.5. The molecule has 4 heterocycles. The van der Waals surface area contributed by atoms with Crippen LogP contribution in [0.4, 0.5) is 0 Å². The molecule has 0 spiro atoms. The molecule has 6 heteroatoms. The van der Waals surface area contributed by atoms with Crippen LogP contribution in [0.25, 0.3) is 113 Å². The van der Waals surface area contributed by atoms with Crippen LogP contribution in [-0.2, 0) is 0 Å². The van der Waals surface area contributed by atoms with Gasteiger partial charge in [-0.05, 0) is 36.4 Å². The summed E-state index contributed by atoms with van der Waals surface area (Å²) in [5, 5.41) is 7.43. The van der Waals surface area contributed by atoms with Crippen LogP contribution in [0.1, 0.15) is 0 Å². The third kappa shape index (κ3) is 5.08. The van der Waals surface area contributed by atoms with Gasteiger partial charge >= 0.3 is 0 Å². The van der Waals surface area contributed by atoms with Gasteiger partial charge in [0.15, 0.2) is 17.5 Å². The van der Waals surface area contributed by atoms with E-state index < -0.39 is 0 Å². The van der Waals surface area contributed by atoms with Crippen LogP contribution in [0.3, 0.4) is 0 Å². The van der Waals surface area contributed by atoms with Crippen molar-refractivity contribution in [1.82, 2.24) is 19.5 Å². The van der Waals surface area contributed by atoms with Gasteiger partial charge in [-0.15, -0.1) is 22.7 Å². The van der Waals surface area contributed by atoms with Crippen LogP contribution in [0, 0.1) is 0 Å². The molecular formula is C51H30N4S2. The molecule has 0 saturated carbocycles. The van der Waals surface area contributed by atoms with Crippen LogP contribution in [0.5, 0.6) is 0 Å². The highest BCUT2D eigenvalue weighted by molar-refractivity contribution is 7.27. The molecule has 12 aromatic rings. The Bertz CT molecular complexity index is 3410. The van der Waals surface area contributed by atoms with Crippen molar-refractivity contribution in [3.63, 3.8) is 0 Å². The lowest BCUT2D eigenvalue weighted by atomic mass is 9.97. The monoisotopic (exact) mass is 762 g/mol. The maximum absolute atomic E-state index is 5.22. The number of aromatic nitrogens is 4. The quantitative estimate of drug-likeness (QED) is 0.175. The van der Waals surface area contributed by atoms with Gasteiger partial charge in [0.05, 0.1) is 11.0 Å². The first kappa shape index (κ1) is 32.3. The van der Waals surface area contributed by atoms with E-state index in [1.54, 1.807) is 0 Å². The van der Waals surface area contributed by atoms with Crippen molar-refractivity contribution in [2.75, 3.05) is 0 Å². The van der Waals surface area contributed by atoms with Crippen molar-refractivity contribution in [2.24, 2.45) is 0 Å². The number of rotatable bonds is 5. The molecule has 4 aromatic heterocycles. The highest BCUT2D eigenvalue weighted by Crippen LogP contribution is 2.48. The van der Waals surface area contributed by atoms with E-state index in [2.05, 4.69) is 150 Å². The summed E-state index contributed by atoms with van der Waals surface area (Å²) in [6, 6.07) is 64.8. The van der Waals surface area contributed by atoms with Crippen molar-refractivity contribution in [3.05, 3.63) is 182 Å². The van der Waals surface area contributed by atoms with Gasteiger partial charge in [-0.25, -0.2) is 15.0 Å². The molecular weight excluding hydrogens is 733 g/mol. The smallest absolute Gasteiger partial charge is 0.164 e. The molecule has 8 aromatic carbocycles. The minimum Gasteiger partial charge on any atom is -0.309 e. The molecule has 0 aliphatic rings. The highest BCUT2D eigenvalue weighted by Gasteiger charge is 2.22. The predicted octanol–water partition coefficient (Wildman–Crippen LogP) is 14.4. The molecule has 4 nitrogen and oxygen atoms in total. The topological polar surface area (TPSA) is 43.6 Å². The molecule has 0 saturated heterocycles. The van der Waals surface area contributed by atoms with E-state index in [0.717, 1.165) is 27.8 Å². The van der Waals surface area contributed by atoms with Crippen molar-refractivity contribution >= 4 is 84.8 Å². The molecule has 0 amide bonds. The average molecular weight is 763 g/mol. The average Bonchev–Trinajstić information content (AvgIpc) is 3.96. The highest BCUT2D eigenvalue weighted by atomic mass is 32.1. The van der Waals surface area contributed by atoms with Crippen LogP contribution < -0.4 is 0 Å². The molecule has 57 heavy (non-hydrogen) atoms. The molecule has 0 radical (unpaired) electrons. The zero-order valence-electron chi connectivity index (χ0n) is 30.4. The van der Waals surface area contributed by atoms with Crippen LogP contribution in [0.15, 0.2) is 182 Å². The summed E-state index contributed by atoms with van der Waals surface area (Å²) in [5.41, 5.74) is 8.88. The maximum atomic E-state index is 5.22. The number of hydrogen-bond donors (Lipinski definition) is 0. The Morgan fingerprint density at radius 3 is 1.60 bits per heavy atom. The summed E-state index contributed by atoms with van der Waals surface area (Å²) >= 11 is 3.72. The first-order valence-corrected chi connectivity index (χ1v) is 20.7. The fraction of sp³-hybridized carbons (Fsp3) is 0. The fourth-order valence-corrected chi connectivity index (χ4v) is 11.0. The van der Waals surface area contributed by atoms with Crippen molar-refractivity contribution in [1.29, 1.82) is 0 Å². The first-order chi connectivity index (χ1) is 28.3. The van der Waals surface area contributed by atoms with E-state index in [1.807, 2.05) is 59.1 Å². The van der Waals surface area contributed by atoms with Crippen LogP contribution in [-0.4, -0.2) is 19.5 Å². The first-order valence-electron chi connectivity index (χ1n) is 19.0. The number of hydrogen-bond acceptors (Lipinski definition) is 5. The molecule has 12 rings (SSSR count). The van der Waals surface area contributed by atoms with Crippen LogP contribution >= 0.6 is 22.7 Å². The predicted molar refractivity (Wildman–Crippen MR) is 242 cm³/mol. The SMILES string of the molecule is c1ccc(-c2nc(-c3ccccc3)nc(-c3ccc(-c4cccc5c4sc4ccccc45)c4sc5cc(-n6c7ccccc7c7ccccc76)ccc5c34)n2)cc1. The number of thiophene rings is 2. The molecule has 0 unspecified atom stereocenters. The van der Waals surface area contributed by atoms with Gasteiger partial charge in [0.1, 0.15) is 0 Å². The number of para-hydroxylation sites is 2. The molecule has 0 atom stereocenters. The molecule has 0 aliphatic carbocycles. The normalized spacial score (nSPS) is 11.9. The molecule has 266 valence electrons. The molecule has 0 N–H and O–H groups in total. The summed E-state index contributed by atoms with van der Waals surface area (Å²) in [5.74, 6) is 1.96. The van der Waals surface area contributed by atoms with E-state index in [0.29, 0.717) is 17.5 Å². The van der Waals surface area contributed by atoms with Gasteiger partial charge in [0.25, 0.3) is 0 Å². The summed E-state index contributed by atoms with van der Waals surface area (Å²) in [4.78, 5) is 15.5. The lowest BCUT2D eigenvalue weighted by molar-refractivity contribution is 1.08. The molecule has 0 aliphatic heterocycles. The zero-order valence-corrected chi connectivity index (χ0v) is 32.1. The number of nitrogens with zero attached hydrogens (tertiary/aromatic N) is 4. The number of fused-ring (bicyclic) bond motifs is 9. The summed E-state index contributed by atoms with van der Waals surface area (Å²) < 4.78 is 7.43. The summed E-state index contributed by atoms with van der Waals surface area (Å²) in [6.07, 6.45) is 0. The van der Waals surface area contributed by atoms with Gasteiger partial charge in [0, 0.05) is 84.6 Å². The number of benzene rings is 8. The summed E-state index contributed by atoms with van der Waals surface area (Å²) in [7, 11) is 0. The minimum absolute atomic E-state index is 0.653. The minimum atomic E-state index is 0.653. The van der Waals surface area contributed by atoms with Gasteiger partial charge in [-0.1, -0.05) is 146 Å². The van der Waals surface area contributed by atoms with Crippen molar-refractivity contribution in [2.45, 2.75) is 0 Å². The van der Waals surface area contributed by atoms with Gasteiger partial charge < -0.3 is 4.57 Å². The van der Waals surface area contributed by atoms with Gasteiger partial charge in [-0.3, -0.25) is 0 Å². The van der Waals surface area contributed by atoms with E-state index in [9.17, 15) is 0 Å². The Balaban J connectivity index is 1.16. The lowest BCUT2D eigenvalue weighted by Crippen LogP contribution is -2.00. The van der Waals surface area contributed by atoms with E-state index in [1.165, 1.54) is 67.9 Å². The van der Waals surface area contributed by atoms with E-state index >= 15 is 0 Å². The Morgan fingerprint density at radius 1 is 0.351 bits per heavy atom. The fourth-order valence-electron chi connectivity index (χ4n) is 8.49. The standard InChI is InChI=1S/C51H30N4S2/c1-3-14-31(15-4-1)49-52-50(32-16-5-2-6-17-32)54-51(53-49)41-29-28-39(38-22-13-21-37-36-20-9-12-25-44(36)56-47(37)38)48-46(41)40-27-26-33(30-45(40)57-48)55-42-23-10-7-18-34(42)35-19-8-11-24-43(35)55/h1-30H. The second kappa shape index (κ2) is 12.8. The second-order valence-electron chi connectivity index (χ2n) is 14.3. The van der Waals surface area contributed by atoms with Crippen molar-refractivity contribution in [3.8, 4) is 51.0 Å². The van der Waals surface area contributed by atoms with Crippen LogP contribution in [0.2, 0.25) is 0 Å². The largest absolute Gasteiger partial charge is 0.309 e. The maximum Gasteiger partial charge on any atom is 0.164 e. The molecule has 0 fully saturated rings. The van der Waals surface area contributed by atoms with Gasteiger partial charge in [0.2, 0.25) is 0 Å². The Kier molecular flexibility index (Phi) is 7.24. The Labute approximate surface area is 335 Å². The Hall–Kier alpha value is -6.99. The summed E-state index contributed by atoms with van der Waals surface area (Å²) in [6.45, 7) is 0. The van der Waals surface area contributed by atoms with Gasteiger partial charge in [-0.2, -0.15) is 0 Å². The van der Waals surface area contributed by atoms with Crippen molar-refractivity contribution < 1.29 is 0 Å². The molecule has 0 bridgehead atoms. The third-order valence-corrected chi connectivity index (χ3v) is 13.5. The van der Waals surface area contributed by atoms with E-state index in [4.69, 9.17) is 15.0 Å².